The van der Waals surface area contributed by atoms with E-state index in [1.807, 2.05) is 48.5 Å². The third kappa shape index (κ3) is 5.30. The summed E-state index contributed by atoms with van der Waals surface area (Å²) < 4.78 is 0. The average Bonchev–Trinajstić information content (AvgIpc) is 3.22. The molecule has 29 heavy (non-hydrogen) atoms. The molecule has 1 aromatic heterocycles. The molecule has 2 aromatic carbocycles. The number of carbonyl (C=O) groups excluding carboxylic acids is 1. The second kappa shape index (κ2) is 9.79. The van der Waals surface area contributed by atoms with Crippen LogP contribution < -0.4 is 5.32 Å². The molecule has 0 radical (unpaired) electrons. The largest absolute Gasteiger partial charge is 0.300 e. The zero-order valence-electron chi connectivity index (χ0n) is 17.4. The summed E-state index contributed by atoms with van der Waals surface area (Å²) in [6.45, 7) is 6.60. The number of nitrogens with one attached hydrogen (secondary N) is 1. The van der Waals surface area contributed by atoms with Crippen molar-refractivity contribution in [3.63, 3.8) is 0 Å². The predicted molar refractivity (Wildman–Crippen MR) is 121 cm³/mol. The number of hydrogen-bond donors (Lipinski definition) is 1. The molecule has 3 rings (SSSR count). The summed E-state index contributed by atoms with van der Waals surface area (Å²) in [4.78, 5) is 13.4. The molecule has 0 fully saturated rings. The number of hydrogen-bond acceptors (Lipinski definition) is 4. The van der Waals surface area contributed by atoms with Gasteiger partial charge in [-0.05, 0) is 30.2 Å². The van der Waals surface area contributed by atoms with E-state index in [-0.39, 0.29) is 17.2 Å². The molecular weight excluding hydrogens is 378 g/mol. The lowest BCUT2D eigenvalue weighted by atomic mass is 9.69. The number of carbonyl (C=O) groups is 1. The Morgan fingerprint density at radius 1 is 1.03 bits per heavy atom. The monoisotopic (exact) mass is 407 g/mol. The van der Waals surface area contributed by atoms with Crippen LogP contribution in [0.3, 0.4) is 0 Å². The Morgan fingerprint density at radius 3 is 2.31 bits per heavy atom. The molecule has 0 saturated heterocycles. The van der Waals surface area contributed by atoms with E-state index in [9.17, 15) is 4.79 Å². The SMILES string of the molecule is CCCC(C)(CC)C(Cc1ccccc1)C(=O)Nc1nnc(-c2ccccc2)s1. The maximum absolute atomic E-state index is 13.4. The highest BCUT2D eigenvalue weighted by molar-refractivity contribution is 7.18. The van der Waals surface area contributed by atoms with Crippen LogP contribution in [0.5, 0.6) is 0 Å². The summed E-state index contributed by atoms with van der Waals surface area (Å²) in [6.07, 6.45) is 3.75. The highest BCUT2D eigenvalue weighted by Gasteiger charge is 2.37. The van der Waals surface area contributed by atoms with E-state index in [1.165, 1.54) is 16.9 Å². The molecular formula is C24H29N3OS. The van der Waals surface area contributed by atoms with E-state index in [4.69, 9.17) is 0 Å². The van der Waals surface area contributed by atoms with Crippen molar-refractivity contribution in [2.45, 2.75) is 46.5 Å². The summed E-state index contributed by atoms with van der Waals surface area (Å²) >= 11 is 1.42. The minimum Gasteiger partial charge on any atom is -0.300 e. The van der Waals surface area contributed by atoms with Crippen molar-refractivity contribution in [2.24, 2.45) is 11.3 Å². The molecule has 1 heterocycles. The number of benzene rings is 2. The van der Waals surface area contributed by atoms with Crippen molar-refractivity contribution in [1.29, 1.82) is 0 Å². The van der Waals surface area contributed by atoms with Crippen LogP contribution in [0.25, 0.3) is 10.6 Å². The van der Waals surface area contributed by atoms with Crippen molar-refractivity contribution in [2.75, 3.05) is 5.32 Å². The third-order valence-electron chi connectivity index (χ3n) is 5.75. The molecule has 2 atom stereocenters. The van der Waals surface area contributed by atoms with Gasteiger partial charge >= 0.3 is 0 Å². The van der Waals surface area contributed by atoms with Crippen molar-refractivity contribution in [3.8, 4) is 10.6 Å². The van der Waals surface area contributed by atoms with Gasteiger partial charge in [-0.2, -0.15) is 0 Å². The summed E-state index contributed by atoms with van der Waals surface area (Å²) in [6, 6.07) is 20.2. The zero-order chi connectivity index (χ0) is 20.7. The fourth-order valence-electron chi connectivity index (χ4n) is 3.84. The predicted octanol–water partition coefficient (Wildman–Crippen LogP) is 6.22. The fourth-order valence-corrected chi connectivity index (χ4v) is 4.59. The first-order valence-electron chi connectivity index (χ1n) is 10.3. The molecule has 3 aromatic rings. The van der Waals surface area contributed by atoms with Gasteiger partial charge < -0.3 is 5.32 Å². The maximum atomic E-state index is 13.4. The first kappa shape index (κ1) is 21.2. The van der Waals surface area contributed by atoms with Gasteiger partial charge in [0.15, 0.2) is 0 Å². The second-order valence-electron chi connectivity index (χ2n) is 7.77. The molecule has 0 aliphatic heterocycles. The number of rotatable bonds is 9. The lowest BCUT2D eigenvalue weighted by Crippen LogP contribution is -2.38. The van der Waals surface area contributed by atoms with Crippen molar-refractivity contribution >= 4 is 22.4 Å². The Balaban J connectivity index is 1.82. The van der Waals surface area contributed by atoms with Crippen molar-refractivity contribution in [3.05, 3.63) is 66.2 Å². The molecule has 0 aliphatic carbocycles. The Hall–Kier alpha value is -2.53. The Labute approximate surface area is 177 Å². The lowest BCUT2D eigenvalue weighted by molar-refractivity contribution is -0.124. The lowest BCUT2D eigenvalue weighted by Gasteiger charge is -2.36. The van der Waals surface area contributed by atoms with Crippen LogP contribution in [-0.2, 0) is 11.2 Å². The molecule has 1 N–H and O–H groups in total. The number of anilines is 1. The molecule has 0 saturated carbocycles. The molecule has 0 aliphatic rings. The number of aromatic nitrogens is 2. The molecule has 5 heteroatoms. The van der Waals surface area contributed by atoms with Crippen molar-refractivity contribution in [1.82, 2.24) is 10.2 Å². The van der Waals surface area contributed by atoms with Gasteiger partial charge in [0.2, 0.25) is 11.0 Å². The molecule has 0 bridgehead atoms. The van der Waals surface area contributed by atoms with E-state index in [0.717, 1.165) is 36.3 Å². The van der Waals surface area contributed by atoms with Crippen LogP contribution >= 0.6 is 11.3 Å². The maximum Gasteiger partial charge on any atom is 0.230 e. The number of amides is 1. The standard InChI is InChI=1S/C24H29N3OS/c1-4-16-24(3,5-2)20(17-18-12-8-6-9-13-18)21(28)25-23-27-26-22(29-23)19-14-10-7-11-15-19/h6-15,20H,4-5,16-17H2,1-3H3,(H,25,27,28). The minimum atomic E-state index is -0.126. The smallest absolute Gasteiger partial charge is 0.230 e. The Kier molecular flexibility index (Phi) is 7.15. The van der Waals surface area contributed by atoms with Crippen LogP contribution in [-0.4, -0.2) is 16.1 Å². The summed E-state index contributed by atoms with van der Waals surface area (Å²) in [5.41, 5.74) is 2.13. The minimum absolute atomic E-state index is 0.0300. The second-order valence-corrected chi connectivity index (χ2v) is 8.75. The van der Waals surface area contributed by atoms with Crippen LogP contribution in [0.1, 0.15) is 45.6 Å². The van der Waals surface area contributed by atoms with Gasteiger partial charge in [0.05, 0.1) is 0 Å². The zero-order valence-corrected chi connectivity index (χ0v) is 18.2. The van der Waals surface area contributed by atoms with Crippen molar-refractivity contribution < 1.29 is 4.79 Å². The van der Waals surface area contributed by atoms with E-state index in [1.54, 1.807) is 0 Å². The Morgan fingerprint density at radius 2 is 1.69 bits per heavy atom. The van der Waals surface area contributed by atoms with E-state index in [0.29, 0.717) is 5.13 Å². The molecule has 1 amide bonds. The van der Waals surface area contributed by atoms with Gasteiger partial charge in [0.25, 0.3) is 0 Å². The van der Waals surface area contributed by atoms with Crippen LogP contribution in [0, 0.1) is 11.3 Å². The summed E-state index contributed by atoms with van der Waals surface area (Å²) in [5, 5.41) is 12.9. The van der Waals surface area contributed by atoms with Gasteiger partial charge in [-0.3, -0.25) is 4.79 Å². The molecule has 0 spiro atoms. The highest BCUT2D eigenvalue weighted by atomic mass is 32.1. The van der Waals surface area contributed by atoms with Gasteiger partial charge in [-0.1, -0.05) is 99.2 Å². The normalized spacial score (nSPS) is 14.2. The van der Waals surface area contributed by atoms with Crippen LogP contribution in [0.15, 0.2) is 60.7 Å². The van der Waals surface area contributed by atoms with Gasteiger partial charge in [0.1, 0.15) is 5.01 Å². The van der Waals surface area contributed by atoms with E-state index in [2.05, 4.69) is 48.4 Å². The quantitative estimate of drug-likeness (QED) is 0.458. The highest BCUT2D eigenvalue weighted by Crippen LogP contribution is 2.39. The van der Waals surface area contributed by atoms with Gasteiger partial charge in [0, 0.05) is 11.5 Å². The summed E-state index contributed by atoms with van der Waals surface area (Å²) in [5.74, 6) is -0.0960. The van der Waals surface area contributed by atoms with Gasteiger partial charge in [-0.25, -0.2) is 0 Å². The van der Waals surface area contributed by atoms with Gasteiger partial charge in [-0.15, -0.1) is 10.2 Å². The summed E-state index contributed by atoms with van der Waals surface area (Å²) in [7, 11) is 0. The first-order valence-corrected chi connectivity index (χ1v) is 11.1. The number of nitrogens with zero attached hydrogens (tertiary/aromatic N) is 2. The Bertz CT molecular complexity index is 910. The topological polar surface area (TPSA) is 54.9 Å². The third-order valence-corrected chi connectivity index (χ3v) is 6.63. The molecule has 4 nitrogen and oxygen atoms in total. The van der Waals surface area contributed by atoms with E-state index >= 15 is 0 Å². The van der Waals surface area contributed by atoms with Crippen LogP contribution in [0.2, 0.25) is 0 Å². The van der Waals surface area contributed by atoms with Crippen LogP contribution in [0.4, 0.5) is 5.13 Å². The first-order chi connectivity index (χ1) is 14.1. The molecule has 152 valence electrons. The fraction of sp³-hybridized carbons (Fsp3) is 0.375. The molecule has 2 unspecified atom stereocenters. The van der Waals surface area contributed by atoms with E-state index < -0.39 is 0 Å². The average molecular weight is 408 g/mol.